The van der Waals surface area contributed by atoms with Gasteiger partial charge in [-0.1, -0.05) is 0 Å². The van der Waals surface area contributed by atoms with Gasteiger partial charge in [-0.3, -0.25) is 0 Å². The maximum Gasteiger partial charge on any atom is 0.317 e. The van der Waals surface area contributed by atoms with E-state index < -0.39 is 9.84 Å². The first-order valence-corrected chi connectivity index (χ1v) is 7.18. The number of nitrogens with zero attached hydrogens (tertiary/aromatic N) is 3. The van der Waals surface area contributed by atoms with Crippen LogP contribution >= 0.6 is 0 Å². The van der Waals surface area contributed by atoms with E-state index in [4.69, 9.17) is 0 Å². The third kappa shape index (κ3) is 2.76. The molecule has 2 amide bonds. The maximum atomic E-state index is 11.9. The van der Waals surface area contributed by atoms with Gasteiger partial charge in [-0.05, 0) is 12.5 Å². The van der Waals surface area contributed by atoms with Crippen molar-refractivity contribution >= 4 is 15.9 Å². The van der Waals surface area contributed by atoms with Gasteiger partial charge in [0.05, 0.1) is 5.75 Å². The van der Waals surface area contributed by atoms with Crippen molar-refractivity contribution in [3.8, 4) is 0 Å². The van der Waals surface area contributed by atoms with Gasteiger partial charge in [0.25, 0.3) is 0 Å². The molecule has 1 N–H and O–H groups in total. The summed E-state index contributed by atoms with van der Waals surface area (Å²) < 4.78 is 23.8. The van der Waals surface area contributed by atoms with Gasteiger partial charge in [0.15, 0.2) is 0 Å². The van der Waals surface area contributed by atoms with Crippen LogP contribution < -0.4 is 5.32 Å². The van der Waals surface area contributed by atoms with E-state index >= 15 is 0 Å². The minimum absolute atomic E-state index is 0.158. The fourth-order valence-corrected chi connectivity index (χ4v) is 2.66. The number of carbonyl (C=O) groups is 1. The summed E-state index contributed by atoms with van der Waals surface area (Å²) in [4.78, 5) is 20.3. The van der Waals surface area contributed by atoms with E-state index in [1.807, 2.05) is 0 Å². The lowest BCUT2D eigenvalue weighted by Gasteiger charge is -2.13. The number of hydrogen-bond acceptors (Lipinski definition) is 5. The Morgan fingerprint density at radius 1 is 1.39 bits per heavy atom. The fraction of sp³-hybridized carbons (Fsp3) is 0.500. The Bertz CT molecular complexity index is 541. The van der Waals surface area contributed by atoms with Crippen LogP contribution in [0.3, 0.4) is 0 Å². The summed E-state index contributed by atoms with van der Waals surface area (Å²) in [6.45, 7) is 3.03. The van der Waals surface area contributed by atoms with E-state index in [9.17, 15) is 13.2 Å². The maximum absolute atomic E-state index is 11.9. The van der Waals surface area contributed by atoms with Crippen molar-refractivity contribution in [2.45, 2.75) is 12.1 Å². The number of aryl methyl sites for hydroxylation is 1. The van der Waals surface area contributed by atoms with E-state index in [0.717, 1.165) is 5.56 Å². The topological polar surface area (TPSA) is 92.3 Å². The van der Waals surface area contributed by atoms with Crippen molar-refractivity contribution in [2.75, 3.05) is 25.4 Å². The lowest BCUT2D eigenvalue weighted by molar-refractivity contribution is 0.220. The second-order valence-corrected chi connectivity index (χ2v) is 6.08. The largest absolute Gasteiger partial charge is 0.336 e. The Labute approximate surface area is 105 Å². The molecule has 1 aromatic rings. The Morgan fingerprint density at radius 3 is 2.61 bits per heavy atom. The van der Waals surface area contributed by atoms with Gasteiger partial charge in [0, 0.05) is 32.0 Å². The van der Waals surface area contributed by atoms with Crippen molar-refractivity contribution in [2.24, 2.45) is 0 Å². The molecule has 0 radical (unpaired) electrons. The van der Waals surface area contributed by atoms with Gasteiger partial charge in [-0.2, -0.15) is 0 Å². The number of urea groups is 1. The van der Waals surface area contributed by atoms with Crippen molar-refractivity contribution < 1.29 is 13.2 Å². The van der Waals surface area contributed by atoms with Gasteiger partial charge in [-0.15, -0.1) is 0 Å². The SMILES string of the molecule is Cc1cnc(S(=O)(=O)CCN2CCNC2=O)nc1. The molecular weight excluding hydrogens is 256 g/mol. The smallest absolute Gasteiger partial charge is 0.317 e. The van der Waals surface area contributed by atoms with Crippen LogP contribution in [0.15, 0.2) is 17.6 Å². The van der Waals surface area contributed by atoms with Crippen LogP contribution in [0.25, 0.3) is 0 Å². The molecule has 0 bridgehead atoms. The van der Waals surface area contributed by atoms with Crippen molar-refractivity contribution in [1.82, 2.24) is 20.2 Å². The monoisotopic (exact) mass is 270 g/mol. The average Bonchev–Trinajstić information content (AvgIpc) is 2.73. The van der Waals surface area contributed by atoms with Gasteiger partial charge in [0.2, 0.25) is 15.0 Å². The third-order valence-corrected chi connectivity index (χ3v) is 4.10. The number of nitrogens with one attached hydrogen (secondary N) is 1. The zero-order valence-electron chi connectivity index (χ0n) is 9.96. The van der Waals surface area contributed by atoms with Crippen LogP contribution in [0.2, 0.25) is 0 Å². The third-order valence-electron chi connectivity index (χ3n) is 2.61. The quantitative estimate of drug-likeness (QED) is 0.750. The molecule has 1 aliphatic rings. The Morgan fingerprint density at radius 2 is 2.06 bits per heavy atom. The highest BCUT2D eigenvalue weighted by Crippen LogP contribution is 2.06. The van der Waals surface area contributed by atoms with Gasteiger partial charge in [0.1, 0.15) is 0 Å². The number of sulfone groups is 1. The molecule has 0 aromatic carbocycles. The lowest BCUT2D eigenvalue weighted by atomic mass is 10.4. The summed E-state index contributed by atoms with van der Waals surface area (Å²) in [5, 5.41) is 2.43. The molecule has 2 heterocycles. The predicted octanol–water partition coefficient (Wildman–Crippen LogP) is -0.416. The summed E-state index contributed by atoms with van der Waals surface area (Å²) in [7, 11) is -3.53. The van der Waals surface area contributed by atoms with Crippen LogP contribution in [-0.4, -0.2) is 54.7 Å². The molecule has 2 rings (SSSR count). The Kier molecular flexibility index (Phi) is 3.46. The van der Waals surface area contributed by atoms with Crippen molar-refractivity contribution in [3.05, 3.63) is 18.0 Å². The fourth-order valence-electron chi connectivity index (χ4n) is 1.59. The first-order valence-electron chi connectivity index (χ1n) is 5.53. The molecule has 0 unspecified atom stereocenters. The minimum Gasteiger partial charge on any atom is -0.336 e. The molecule has 0 spiro atoms. The van der Waals surface area contributed by atoms with Crippen LogP contribution in [0.4, 0.5) is 4.79 Å². The molecule has 1 aromatic heterocycles. The number of amides is 2. The number of rotatable bonds is 4. The summed E-state index contributed by atoms with van der Waals surface area (Å²) in [5.41, 5.74) is 0.799. The van der Waals surface area contributed by atoms with Crippen molar-refractivity contribution in [1.29, 1.82) is 0 Å². The zero-order chi connectivity index (χ0) is 13.2. The van der Waals surface area contributed by atoms with Crippen LogP contribution in [0, 0.1) is 6.92 Å². The highest BCUT2D eigenvalue weighted by atomic mass is 32.2. The summed E-state index contributed by atoms with van der Waals surface area (Å²) in [5.74, 6) is -0.163. The predicted molar refractivity (Wildman–Crippen MR) is 63.8 cm³/mol. The summed E-state index contributed by atoms with van der Waals surface area (Å²) in [6, 6.07) is -0.227. The minimum atomic E-state index is -3.53. The van der Waals surface area contributed by atoms with Crippen molar-refractivity contribution in [3.63, 3.8) is 0 Å². The number of carbonyl (C=O) groups excluding carboxylic acids is 1. The molecule has 1 saturated heterocycles. The first kappa shape index (κ1) is 12.7. The van der Waals surface area contributed by atoms with Gasteiger partial charge in [-0.25, -0.2) is 23.2 Å². The van der Waals surface area contributed by atoms with Crippen LogP contribution in [0.5, 0.6) is 0 Å². The molecule has 0 atom stereocenters. The normalized spacial score (nSPS) is 15.8. The summed E-state index contributed by atoms with van der Waals surface area (Å²) in [6.07, 6.45) is 2.92. The Balaban J connectivity index is 2.03. The molecule has 0 saturated carbocycles. The van der Waals surface area contributed by atoms with Crippen LogP contribution in [0.1, 0.15) is 5.56 Å². The van der Waals surface area contributed by atoms with E-state index in [1.54, 1.807) is 6.92 Å². The molecular formula is C10H14N4O3S. The van der Waals surface area contributed by atoms with Gasteiger partial charge < -0.3 is 10.2 Å². The standard InChI is InChI=1S/C10H14N4O3S/c1-8-6-12-9(13-7-8)18(16,17)5-4-14-3-2-11-10(14)15/h6-7H,2-5H2,1H3,(H,11,15). The Hall–Kier alpha value is -1.70. The highest BCUT2D eigenvalue weighted by Gasteiger charge is 2.24. The molecule has 98 valence electrons. The van der Waals surface area contributed by atoms with E-state index in [0.29, 0.717) is 13.1 Å². The van der Waals surface area contributed by atoms with E-state index in [-0.39, 0.29) is 23.5 Å². The number of aromatic nitrogens is 2. The second kappa shape index (κ2) is 4.89. The molecule has 1 aliphatic heterocycles. The first-order chi connectivity index (χ1) is 8.49. The lowest BCUT2D eigenvalue weighted by Crippen LogP contribution is -2.32. The molecule has 1 fully saturated rings. The highest BCUT2D eigenvalue weighted by molar-refractivity contribution is 7.91. The van der Waals surface area contributed by atoms with E-state index in [2.05, 4.69) is 15.3 Å². The molecule has 0 aliphatic carbocycles. The molecule has 8 heteroatoms. The molecule has 7 nitrogen and oxygen atoms in total. The number of hydrogen-bond donors (Lipinski definition) is 1. The average molecular weight is 270 g/mol. The molecule has 18 heavy (non-hydrogen) atoms. The summed E-state index contributed by atoms with van der Waals surface area (Å²) >= 11 is 0. The van der Waals surface area contributed by atoms with Gasteiger partial charge >= 0.3 is 6.03 Å². The van der Waals surface area contributed by atoms with E-state index in [1.165, 1.54) is 17.3 Å². The van der Waals surface area contributed by atoms with Crippen LogP contribution in [-0.2, 0) is 9.84 Å². The zero-order valence-corrected chi connectivity index (χ0v) is 10.8. The second-order valence-electron chi connectivity index (χ2n) is 4.08.